The first-order valence-corrected chi connectivity index (χ1v) is 10.6. The Kier molecular flexibility index (Phi) is 4.48. The molecule has 1 aromatic carbocycles. The molecule has 1 amide bonds. The summed E-state index contributed by atoms with van der Waals surface area (Å²) in [6.45, 7) is 2.15. The molecule has 7 nitrogen and oxygen atoms in total. The van der Waals surface area contributed by atoms with Gasteiger partial charge in [-0.1, -0.05) is 12.1 Å². The van der Waals surface area contributed by atoms with Crippen LogP contribution in [0.25, 0.3) is 0 Å². The molecule has 4 rings (SSSR count). The molecule has 0 spiro atoms. The van der Waals surface area contributed by atoms with Crippen molar-refractivity contribution in [3.63, 3.8) is 0 Å². The van der Waals surface area contributed by atoms with Crippen molar-refractivity contribution in [3.05, 3.63) is 29.8 Å². The van der Waals surface area contributed by atoms with Gasteiger partial charge in [-0.05, 0) is 44.9 Å². The van der Waals surface area contributed by atoms with Crippen LogP contribution >= 0.6 is 0 Å². The zero-order chi connectivity index (χ0) is 18.3. The maximum atomic E-state index is 13.1. The molecule has 2 fully saturated rings. The number of piperidine rings is 1. The Morgan fingerprint density at radius 1 is 1.15 bits per heavy atom. The van der Waals surface area contributed by atoms with E-state index in [9.17, 15) is 13.2 Å². The van der Waals surface area contributed by atoms with E-state index in [0.717, 1.165) is 38.8 Å². The molecular weight excluding hydrogens is 352 g/mol. The Morgan fingerprint density at radius 3 is 2.62 bits per heavy atom. The van der Waals surface area contributed by atoms with Crippen LogP contribution in [0, 0.1) is 0 Å². The molecule has 0 saturated carbocycles. The minimum Gasteiger partial charge on any atom is -0.343 e. The number of rotatable bonds is 2. The molecule has 1 unspecified atom stereocenters. The normalized spacial score (nSPS) is 25.3. The second-order valence-electron chi connectivity index (χ2n) is 7.13. The van der Waals surface area contributed by atoms with E-state index in [1.165, 1.54) is 0 Å². The van der Waals surface area contributed by atoms with Gasteiger partial charge in [-0.25, -0.2) is 0 Å². The highest BCUT2D eigenvalue weighted by Crippen LogP contribution is 2.31. The number of carbonyl (C=O) groups is 1. The van der Waals surface area contributed by atoms with Crippen LogP contribution in [-0.2, 0) is 14.8 Å². The van der Waals surface area contributed by atoms with Gasteiger partial charge >= 0.3 is 0 Å². The van der Waals surface area contributed by atoms with E-state index >= 15 is 0 Å². The first kappa shape index (κ1) is 17.5. The summed E-state index contributed by atoms with van der Waals surface area (Å²) in [5.74, 6) is 0.531. The van der Waals surface area contributed by atoms with E-state index in [1.54, 1.807) is 18.2 Å². The van der Waals surface area contributed by atoms with Crippen LogP contribution in [0.15, 0.2) is 33.6 Å². The number of hydrogen-bond acceptors (Lipinski definition) is 5. The molecule has 26 heavy (non-hydrogen) atoms. The lowest BCUT2D eigenvalue weighted by molar-refractivity contribution is -0.135. The van der Waals surface area contributed by atoms with E-state index in [2.05, 4.69) is 9.71 Å². The van der Waals surface area contributed by atoms with Gasteiger partial charge in [-0.3, -0.25) is 4.79 Å². The van der Waals surface area contributed by atoms with Crippen molar-refractivity contribution in [1.82, 2.24) is 15.1 Å². The Labute approximate surface area is 154 Å². The molecule has 0 aromatic heterocycles. The molecule has 140 valence electrons. The maximum absolute atomic E-state index is 13.1. The summed E-state index contributed by atoms with van der Waals surface area (Å²) in [5.41, 5.74) is 0.612. The summed E-state index contributed by atoms with van der Waals surface area (Å²) in [4.78, 5) is 17.2. The number of amidine groups is 1. The zero-order valence-corrected chi connectivity index (χ0v) is 15.7. The average Bonchev–Trinajstić information content (AvgIpc) is 3.24. The molecule has 1 N–H and O–H groups in total. The predicted octanol–water partition coefficient (Wildman–Crippen LogP) is 0.810. The quantitative estimate of drug-likeness (QED) is 0.826. The highest BCUT2D eigenvalue weighted by atomic mass is 32.2. The highest BCUT2D eigenvalue weighted by molar-refractivity contribution is 7.90. The van der Waals surface area contributed by atoms with Gasteiger partial charge < -0.3 is 15.1 Å². The molecule has 8 heteroatoms. The average molecular weight is 376 g/mol. The zero-order valence-electron chi connectivity index (χ0n) is 14.9. The lowest BCUT2D eigenvalue weighted by Gasteiger charge is -2.35. The Morgan fingerprint density at radius 2 is 1.88 bits per heavy atom. The second-order valence-corrected chi connectivity index (χ2v) is 8.70. The summed E-state index contributed by atoms with van der Waals surface area (Å²) in [6, 6.07) is 7.02. The minimum atomic E-state index is -3.66. The van der Waals surface area contributed by atoms with Crippen LogP contribution in [0.4, 0.5) is 0 Å². The first-order chi connectivity index (χ1) is 12.5. The van der Waals surface area contributed by atoms with E-state index in [-0.39, 0.29) is 16.8 Å². The fraction of sp³-hybridized carbons (Fsp3) is 0.556. The van der Waals surface area contributed by atoms with Gasteiger partial charge in [-0.2, -0.15) is 8.42 Å². The monoisotopic (exact) mass is 376 g/mol. The van der Waals surface area contributed by atoms with Crippen molar-refractivity contribution in [1.29, 1.82) is 0 Å². The Balaban J connectivity index is 1.57. The van der Waals surface area contributed by atoms with E-state index in [1.807, 2.05) is 22.9 Å². The number of carbonyl (C=O) groups excluding carboxylic acids is 1. The van der Waals surface area contributed by atoms with Crippen LogP contribution in [0.5, 0.6) is 0 Å². The van der Waals surface area contributed by atoms with Crippen molar-refractivity contribution < 1.29 is 13.2 Å². The molecular formula is C18H24N4O3S. The van der Waals surface area contributed by atoms with E-state index in [4.69, 9.17) is 0 Å². The van der Waals surface area contributed by atoms with Gasteiger partial charge in [0, 0.05) is 31.2 Å². The lowest BCUT2D eigenvalue weighted by Crippen LogP contribution is -2.51. The third-order valence-corrected chi connectivity index (χ3v) is 6.96. The second kappa shape index (κ2) is 6.66. The van der Waals surface area contributed by atoms with Crippen molar-refractivity contribution in [2.75, 3.05) is 26.7 Å². The smallest absolute Gasteiger partial charge is 0.285 e. The molecule has 0 aliphatic carbocycles. The number of benzene rings is 1. The van der Waals surface area contributed by atoms with Crippen molar-refractivity contribution in [2.24, 2.45) is 4.40 Å². The van der Waals surface area contributed by atoms with Crippen molar-refractivity contribution in [3.8, 4) is 0 Å². The predicted molar refractivity (Wildman–Crippen MR) is 98.6 cm³/mol. The maximum Gasteiger partial charge on any atom is 0.285 e. The Bertz CT molecular complexity index is 844. The number of amides is 1. The number of hydrogen-bond donors (Lipinski definition) is 1. The fourth-order valence-electron chi connectivity index (χ4n) is 4.17. The fourth-order valence-corrected chi connectivity index (χ4v) is 5.39. The topological polar surface area (TPSA) is 82.1 Å². The summed E-state index contributed by atoms with van der Waals surface area (Å²) in [7, 11) is -1.71. The molecule has 3 aliphatic heterocycles. The van der Waals surface area contributed by atoms with Crippen LogP contribution in [0.3, 0.4) is 0 Å². The largest absolute Gasteiger partial charge is 0.343 e. The number of fused-ring (bicyclic) bond motifs is 1. The molecule has 1 aromatic rings. The number of nitrogens with one attached hydrogen (secondary N) is 1. The van der Waals surface area contributed by atoms with Gasteiger partial charge in [0.25, 0.3) is 10.0 Å². The van der Waals surface area contributed by atoms with Crippen molar-refractivity contribution >= 4 is 21.8 Å². The van der Waals surface area contributed by atoms with Crippen LogP contribution in [0.1, 0.15) is 31.2 Å². The standard InChI is InChI=1S/C18H24N4O3S/c1-19-13-8-11-21(12-9-13)18(23)15-6-4-10-22(15)17-14-5-2-3-7-16(14)26(24,25)20-17/h2-3,5,7,13,15,19H,4,6,8-12H2,1H3. The van der Waals surface area contributed by atoms with E-state index < -0.39 is 10.0 Å². The van der Waals surface area contributed by atoms with Crippen molar-refractivity contribution in [2.45, 2.75) is 42.7 Å². The molecule has 2 saturated heterocycles. The summed E-state index contributed by atoms with van der Waals surface area (Å²) in [6.07, 6.45) is 3.51. The van der Waals surface area contributed by atoms with Gasteiger partial charge in [0.05, 0.1) is 0 Å². The highest BCUT2D eigenvalue weighted by Gasteiger charge is 2.40. The van der Waals surface area contributed by atoms with Gasteiger partial charge in [0.1, 0.15) is 10.9 Å². The molecule has 3 heterocycles. The molecule has 1 atom stereocenters. The van der Waals surface area contributed by atoms with Crippen LogP contribution < -0.4 is 5.32 Å². The van der Waals surface area contributed by atoms with E-state index in [0.29, 0.717) is 24.0 Å². The number of sulfonamides is 1. The lowest BCUT2D eigenvalue weighted by atomic mass is 10.0. The summed E-state index contributed by atoms with van der Waals surface area (Å²) in [5, 5.41) is 3.27. The van der Waals surface area contributed by atoms with Gasteiger partial charge in [0.2, 0.25) is 5.91 Å². The molecule has 0 radical (unpaired) electrons. The minimum absolute atomic E-state index is 0.0986. The van der Waals surface area contributed by atoms with Crippen LogP contribution in [0.2, 0.25) is 0 Å². The summed E-state index contributed by atoms with van der Waals surface area (Å²) < 4.78 is 28.7. The molecule has 3 aliphatic rings. The first-order valence-electron chi connectivity index (χ1n) is 9.18. The summed E-state index contributed by atoms with van der Waals surface area (Å²) >= 11 is 0. The van der Waals surface area contributed by atoms with Crippen LogP contribution in [-0.4, -0.2) is 68.7 Å². The third kappa shape index (κ3) is 2.91. The van der Waals surface area contributed by atoms with Gasteiger partial charge in [-0.15, -0.1) is 4.40 Å². The van der Waals surface area contributed by atoms with Gasteiger partial charge in [0.15, 0.2) is 5.84 Å². The number of likely N-dealkylation sites (tertiary alicyclic amines) is 2. The molecule has 0 bridgehead atoms. The third-order valence-electron chi connectivity index (χ3n) is 5.64. The number of nitrogens with zero attached hydrogens (tertiary/aromatic N) is 3. The SMILES string of the molecule is CNC1CCN(C(=O)C2CCCN2C2=NS(=O)(=O)c3ccccc32)CC1. The Hall–Kier alpha value is -1.93.